The predicted octanol–water partition coefficient (Wildman–Crippen LogP) is -4.15. The zero-order chi connectivity index (χ0) is 24.8. The number of aromatic nitrogens is 3. The van der Waals surface area contributed by atoms with Gasteiger partial charge in [0.1, 0.15) is 42.2 Å². The van der Waals surface area contributed by atoms with E-state index in [-0.39, 0.29) is 52.0 Å². The van der Waals surface area contributed by atoms with Crippen LogP contribution in [0.1, 0.15) is 11.8 Å². The molecule has 3 heterocycles. The molecule has 22 heteroatoms. The molecule has 1 saturated heterocycles. The SMILES string of the molecule is N#Cc1cn(C2OC(COP(=O)(O)OP(=O)(O)OP(=O)(O)O)C(O)C2O)c2ncnc(N)c12.[Na+]. The van der Waals surface area contributed by atoms with E-state index in [2.05, 4.69) is 23.1 Å². The van der Waals surface area contributed by atoms with Gasteiger partial charge in [0.15, 0.2) is 6.23 Å². The van der Waals surface area contributed by atoms with Crippen LogP contribution in [0.15, 0.2) is 12.5 Å². The van der Waals surface area contributed by atoms with Crippen LogP contribution in [-0.2, 0) is 31.6 Å². The van der Waals surface area contributed by atoms with E-state index in [9.17, 15) is 34.1 Å². The molecule has 34 heavy (non-hydrogen) atoms. The predicted molar refractivity (Wildman–Crippen MR) is 102 cm³/mol. The summed E-state index contributed by atoms with van der Waals surface area (Å²) >= 11 is 0. The molecule has 18 nitrogen and oxygen atoms in total. The van der Waals surface area contributed by atoms with Crippen molar-refractivity contribution in [1.29, 1.82) is 5.26 Å². The molecule has 1 aliphatic heterocycles. The maximum atomic E-state index is 11.8. The van der Waals surface area contributed by atoms with Crippen LogP contribution in [-0.4, -0.2) is 69.2 Å². The number of nitriles is 1. The summed E-state index contributed by atoms with van der Waals surface area (Å²) in [6.45, 7) is -1.00. The van der Waals surface area contributed by atoms with E-state index in [1.807, 2.05) is 6.07 Å². The third kappa shape index (κ3) is 6.69. The number of hydrogen-bond acceptors (Lipinski definition) is 13. The van der Waals surface area contributed by atoms with Gasteiger partial charge in [-0.1, -0.05) is 0 Å². The van der Waals surface area contributed by atoms with Crippen LogP contribution in [0.3, 0.4) is 0 Å². The van der Waals surface area contributed by atoms with Gasteiger partial charge in [0, 0.05) is 6.20 Å². The van der Waals surface area contributed by atoms with Gasteiger partial charge in [0.05, 0.1) is 17.6 Å². The Bertz CT molecular complexity index is 1250. The Hall–Kier alpha value is -0.800. The summed E-state index contributed by atoms with van der Waals surface area (Å²) < 4.78 is 52.0. The van der Waals surface area contributed by atoms with Crippen molar-refractivity contribution in [3.05, 3.63) is 18.1 Å². The van der Waals surface area contributed by atoms with Crippen molar-refractivity contribution < 1.29 is 90.9 Å². The van der Waals surface area contributed by atoms with Gasteiger partial charge in [-0.3, -0.25) is 4.52 Å². The average Bonchev–Trinajstić information content (AvgIpc) is 3.16. The molecule has 182 valence electrons. The largest absolute Gasteiger partial charge is 1.00 e. The first-order valence-corrected chi connectivity index (χ1v) is 13.0. The summed E-state index contributed by atoms with van der Waals surface area (Å²) in [6.07, 6.45) is -3.99. The van der Waals surface area contributed by atoms with Gasteiger partial charge in [-0.2, -0.15) is 13.9 Å². The first-order valence-electron chi connectivity index (χ1n) is 8.45. The minimum Gasteiger partial charge on any atom is -0.387 e. The fourth-order valence-electron chi connectivity index (χ4n) is 2.95. The molecule has 2 aromatic heterocycles. The van der Waals surface area contributed by atoms with Crippen LogP contribution >= 0.6 is 23.5 Å². The van der Waals surface area contributed by atoms with E-state index >= 15 is 0 Å². The summed E-state index contributed by atoms with van der Waals surface area (Å²) in [5.41, 5.74) is 5.86. The van der Waals surface area contributed by atoms with Gasteiger partial charge in [0.25, 0.3) is 0 Å². The van der Waals surface area contributed by atoms with Crippen molar-refractivity contribution in [1.82, 2.24) is 14.5 Å². The van der Waals surface area contributed by atoms with E-state index in [1.165, 1.54) is 10.8 Å². The van der Waals surface area contributed by atoms with E-state index < -0.39 is 54.6 Å². The molecule has 0 amide bonds. The fourth-order valence-corrected chi connectivity index (χ4v) is 5.98. The van der Waals surface area contributed by atoms with Crippen LogP contribution in [0.25, 0.3) is 11.0 Å². The van der Waals surface area contributed by atoms with Crippen LogP contribution < -0.4 is 35.3 Å². The average molecular weight is 554 g/mol. The standard InChI is InChI=1S/C12H16N5O13P3.Na/c13-1-5-2-17(11-7(5)10(14)15-4-16-11)12-9(19)8(18)6(28-12)3-27-32(23,24)30-33(25,26)29-31(20,21)22;/h2,4,6,8-9,12,18-19H,3H2,(H,23,24)(H,25,26)(H2,14,15,16)(H2,20,21,22);/q;+1. The second kappa shape index (κ2) is 10.7. The molecule has 2 aromatic rings. The van der Waals surface area contributed by atoms with Gasteiger partial charge < -0.3 is 44.8 Å². The van der Waals surface area contributed by atoms with Crippen molar-refractivity contribution in [2.24, 2.45) is 0 Å². The number of hydrogen-bond donors (Lipinski definition) is 7. The minimum atomic E-state index is -5.73. The summed E-state index contributed by atoms with van der Waals surface area (Å²) in [6, 6.07) is 1.87. The zero-order valence-electron chi connectivity index (χ0n) is 16.9. The Balaban J connectivity index is 0.00000408. The molecule has 0 aliphatic carbocycles. The Morgan fingerprint density at radius 1 is 1.12 bits per heavy atom. The molecule has 0 bridgehead atoms. The first-order chi connectivity index (χ1) is 15.1. The molecule has 0 aromatic carbocycles. The number of aliphatic hydroxyl groups excluding tert-OH is 2. The quantitative estimate of drug-likeness (QED) is 0.120. The van der Waals surface area contributed by atoms with Crippen molar-refractivity contribution >= 4 is 40.3 Å². The van der Waals surface area contributed by atoms with Crippen molar-refractivity contribution in [2.45, 2.75) is 24.5 Å². The normalized spacial score (nSPS) is 26.4. The third-order valence-electron chi connectivity index (χ3n) is 4.19. The number of phosphoric acid groups is 3. The van der Waals surface area contributed by atoms with Crippen molar-refractivity contribution in [3.8, 4) is 6.07 Å². The van der Waals surface area contributed by atoms with Gasteiger partial charge in [0.2, 0.25) is 0 Å². The molecule has 1 aliphatic rings. The molecular weight excluding hydrogens is 538 g/mol. The number of rotatable bonds is 8. The summed E-state index contributed by atoms with van der Waals surface area (Å²) in [4.78, 5) is 43.4. The Labute approximate surface area is 211 Å². The van der Waals surface area contributed by atoms with Gasteiger partial charge in [-0.25, -0.2) is 23.7 Å². The molecule has 6 unspecified atom stereocenters. The monoisotopic (exact) mass is 554 g/mol. The molecule has 0 saturated carbocycles. The van der Waals surface area contributed by atoms with E-state index in [1.54, 1.807) is 0 Å². The second-order valence-electron chi connectivity index (χ2n) is 6.45. The topological polar surface area (TPSA) is 290 Å². The van der Waals surface area contributed by atoms with Crippen molar-refractivity contribution in [3.63, 3.8) is 0 Å². The smallest absolute Gasteiger partial charge is 0.387 e. The third-order valence-corrected chi connectivity index (χ3v) is 7.99. The molecule has 6 atom stereocenters. The molecule has 1 fully saturated rings. The maximum absolute atomic E-state index is 11.8. The number of anilines is 1. The number of ether oxygens (including phenoxy) is 1. The van der Waals surface area contributed by atoms with Crippen LogP contribution in [0, 0.1) is 11.3 Å². The van der Waals surface area contributed by atoms with Gasteiger partial charge >= 0.3 is 53.0 Å². The van der Waals surface area contributed by atoms with E-state index in [0.717, 1.165) is 6.33 Å². The van der Waals surface area contributed by atoms with Gasteiger partial charge in [-0.05, 0) is 0 Å². The fraction of sp³-hybridized carbons (Fsp3) is 0.417. The van der Waals surface area contributed by atoms with Crippen molar-refractivity contribution in [2.75, 3.05) is 12.3 Å². The number of nitrogens with two attached hydrogens (primary N) is 1. The number of phosphoric ester groups is 1. The number of nitrogen functional groups attached to an aromatic ring is 1. The minimum absolute atomic E-state index is 0. The first kappa shape index (κ1) is 29.4. The Morgan fingerprint density at radius 3 is 2.35 bits per heavy atom. The molecule has 8 N–H and O–H groups in total. The summed E-state index contributed by atoms with van der Waals surface area (Å²) in [5, 5.41) is 30.1. The number of fused-ring (bicyclic) bond motifs is 1. The molecule has 3 rings (SSSR count). The maximum Gasteiger partial charge on any atom is 1.00 e. The Morgan fingerprint density at radius 2 is 1.76 bits per heavy atom. The number of aliphatic hydroxyl groups is 2. The molecule has 0 radical (unpaired) electrons. The van der Waals surface area contributed by atoms with Crippen LogP contribution in [0.2, 0.25) is 0 Å². The molecular formula is C12H16N5NaO13P3+. The van der Waals surface area contributed by atoms with Crippen LogP contribution in [0.5, 0.6) is 0 Å². The van der Waals surface area contributed by atoms with E-state index in [4.69, 9.17) is 25.2 Å². The summed E-state index contributed by atoms with van der Waals surface area (Å²) in [7, 11) is -16.8. The van der Waals surface area contributed by atoms with Gasteiger partial charge in [-0.15, -0.1) is 0 Å². The van der Waals surface area contributed by atoms with Crippen LogP contribution in [0.4, 0.5) is 5.82 Å². The van der Waals surface area contributed by atoms with E-state index in [0.29, 0.717) is 0 Å². The number of nitrogens with zero attached hydrogens (tertiary/aromatic N) is 4. The molecule has 0 spiro atoms. The Kier molecular flexibility index (Phi) is 9.24. The zero-order valence-corrected chi connectivity index (χ0v) is 21.6. The summed E-state index contributed by atoms with van der Waals surface area (Å²) in [5.74, 6) is -0.0347. The second-order valence-corrected chi connectivity index (χ2v) is 10.9.